The summed E-state index contributed by atoms with van der Waals surface area (Å²) in [7, 11) is 5.90. The van der Waals surface area contributed by atoms with Gasteiger partial charge in [-0.1, -0.05) is 30.3 Å². The molecule has 0 aliphatic rings. The summed E-state index contributed by atoms with van der Waals surface area (Å²) >= 11 is 0. The Kier molecular flexibility index (Phi) is 6.23. The second-order valence-corrected chi connectivity index (χ2v) is 8.06. The van der Waals surface area contributed by atoms with Crippen molar-refractivity contribution >= 4 is 10.8 Å². The minimum atomic E-state index is 0.188. The van der Waals surface area contributed by atoms with Crippen LogP contribution in [0.4, 0.5) is 0 Å². The second kappa shape index (κ2) is 9.23. The fourth-order valence-electron chi connectivity index (χ4n) is 3.82. The minimum Gasteiger partial charge on any atom is -0.497 e. The Hall–Kier alpha value is -3.31. The van der Waals surface area contributed by atoms with E-state index in [2.05, 4.69) is 65.8 Å². The number of imidazole rings is 1. The van der Waals surface area contributed by atoms with Crippen molar-refractivity contribution in [1.82, 2.24) is 14.5 Å². The lowest BCUT2D eigenvalue weighted by atomic mass is 9.96. The van der Waals surface area contributed by atoms with Gasteiger partial charge in [0.2, 0.25) is 0 Å². The molecule has 0 aliphatic heterocycles. The molecule has 4 aromatic rings. The summed E-state index contributed by atoms with van der Waals surface area (Å²) in [5.74, 6) is 1.71. The Bertz CT molecular complexity index is 1120. The highest BCUT2D eigenvalue weighted by Gasteiger charge is 2.22. The zero-order valence-electron chi connectivity index (χ0n) is 18.5. The molecular weight excluding hydrogens is 386 g/mol. The molecule has 5 heteroatoms. The molecule has 0 aliphatic carbocycles. The van der Waals surface area contributed by atoms with Gasteiger partial charge in [0.1, 0.15) is 18.1 Å². The number of likely N-dealkylation sites (N-methyl/N-ethyl adjacent to an activating group) is 1. The minimum absolute atomic E-state index is 0.188. The second-order valence-electron chi connectivity index (χ2n) is 8.06. The summed E-state index contributed by atoms with van der Waals surface area (Å²) in [5.41, 5.74) is 2.37. The lowest BCUT2D eigenvalue weighted by Gasteiger charge is -2.31. The van der Waals surface area contributed by atoms with Gasteiger partial charge in [0, 0.05) is 18.4 Å². The summed E-state index contributed by atoms with van der Waals surface area (Å²) in [6.07, 6.45) is 5.76. The third-order valence-electron chi connectivity index (χ3n) is 5.86. The van der Waals surface area contributed by atoms with Crippen molar-refractivity contribution in [2.45, 2.75) is 25.6 Å². The molecular formula is C26H29N3O2. The van der Waals surface area contributed by atoms with E-state index in [9.17, 15) is 0 Å². The highest BCUT2D eigenvalue weighted by atomic mass is 16.5. The lowest BCUT2D eigenvalue weighted by Crippen LogP contribution is -2.34. The lowest BCUT2D eigenvalue weighted by molar-refractivity contribution is 0.252. The molecule has 0 saturated heterocycles. The predicted octanol–water partition coefficient (Wildman–Crippen LogP) is 5.16. The number of aromatic nitrogens is 2. The zero-order chi connectivity index (χ0) is 21.8. The van der Waals surface area contributed by atoms with Crippen LogP contribution in [0.3, 0.4) is 0 Å². The van der Waals surface area contributed by atoms with Crippen LogP contribution >= 0.6 is 0 Å². The van der Waals surface area contributed by atoms with Crippen molar-refractivity contribution in [1.29, 1.82) is 0 Å². The third kappa shape index (κ3) is 4.72. The summed E-state index contributed by atoms with van der Waals surface area (Å²) in [5, 5.41) is 2.36. The monoisotopic (exact) mass is 415 g/mol. The van der Waals surface area contributed by atoms with E-state index >= 15 is 0 Å². The largest absolute Gasteiger partial charge is 0.497 e. The van der Waals surface area contributed by atoms with Gasteiger partial charge in [-0.15, -0.1) is 0 Å². The topological polar surface area (TPSA) is 39.5 Å². The summed E-state index contributed by atoms with van der Waals surface area (Å²) < 4.78 is 13.4. The van der Waals surface area contributed by atoms with Crippen LogP contribution in [0.25, 0.3) is 10.8 Å². The standard InChI is InChI=1S/C26H29N3O2/c1-19(28(2)3)26(29-14-13-27-18-29)23-8-7-22-16-25(12-9-21(22)15-23)31-17-20-5-10-24(30-4)11-6-20/h5-16,18-19,26H,17H2,1-4H3. The van der Waals surface area contributed by atoms with Crippen LogP contribution in [0.5, 0.6) is 11.5 Å². The van der Waals surface area contributed by atoms with E-state index in [-0.39, 0.29) is 6.04 Å². The smallest absolute Gasteiger partial charge is 0.120 e. The molecule has 1 aromatic heterocycles. The Balaban J connectivity index is 1.55. The van der Waals surface area contributed by atoms with E-state index in [1.165, 1.54) is 10.9 Å². The highest BCUT2D eigenvalue weighted by Crippen LogP contribution is 2.29. The van der Waals surface area contributed by atoms with Gasteiger partial charge in [-0.2, -0.15) is 0 Å². The molecule has 31 heavy (non-hydrogen) atoms. The maximum Gasteiger partial charge on any atom is 0.120 e. The molecule has 4 rings (SSSR count). The van der Waals surface area contributed by atoms with Crippen molar-refractivity contribution in [3.8, 4) is 11.5 Å². The first kappa shape index (κ1) is 20.9. The summed E-state index contributed by atoms with van der Waals surface area (Å²) in [4.78, 5) is 6.50. The molecule has 0 N–H and O–H groups in total. The highest BCUT2D eigenvalue weighted by molar-refractivity contribution is 5.84. The quantitative estimate of drug-likeness (QED) is 0.398. The van der Waals surface area contributed by atoms with Gasteiger partial charge in [0.05, 0.1) is 19.5 Å². The van der Waals surface area contributed by atoms with Gasteiger partial charge < -0.3 is 18.9 Å². The molecule has 0 spiro atoms. The van der Waals surface area contributed by atoms with Crippen LogP contribution in [0.1, 0.15) is 24.1 Å². The maximum absolute atomic E-state index is 6.02. The Morgan fingerprint density at radius 3 is 2.32 bits per heavy atom. The number of methoxy groups -OCH3 is 1. The average Bonchev–Trinajstić information content (AvgIpc) is 3.32. The first-order chi connectivity index (χ1) is 15.0. The van der Waals surface area contributed by atoms with Crippen LogP contribution in [0.2, 0.25) is 0 Å². The zero-order valence-corrected chi connectivity index (χ0v) is 18.5. The number of hydrogen-bond acceptors (Lipinski definition) is 4. The third-order valence-corrected chi connectivity index (χ3v) is 5.86. The van der Waals surface area contributed by atoms with Crippen molar-refractivity contribution in [3.05, 3.63) is 90.5 Å². The number of nitrogens with zero attached hydrogens (tertiary/aromatic N) is 3. The molecule has 5 nitrogen and oxygen atoms in total. The molecule has 2 unspecified atom stereocenters. The SMILES string of the molecule is COc1ccc(COc2ccc3cc(C(C(C)N(C)C)n4ccnc4)ccc3c2)cc1. The van der Waals surface area contributed by atoms with Gasteiger partial charge in [-0.3, -0.25) is 0 Å². The molecule has 0 amide bonds. The Labute approximate surface area is 183 Å². The van der Waals surface area contributed by atoms with E-state index in [1.54, 1.807) is 7.11 Å². The van der Waals surface area contributed by atoms with Crippen LogP contribution in [0, 0.1) is 0 Å². The van der Waals surface area contributed by atoms with Crippen molar-refractivity contribution in [2.75, 3.05) is 21.2 Å². The van der Waals surface area contributed by atoms with Crippen LogP contribution < -0.4 is 9.47 Å². The van der Waals surface area contributed by atoms with E-state index in [1.807, 2.05) is 49.1 Å². The number of hydrogen-bond donors (Lipinski definition) is 0. The van der Waals surface area contributed by atoms with E-state index in [0.717, 1.165) is 22.4 Å². The van der Waals surface area contributed by atoms with Crippen LogP contribution in [0.15, 0.2) is 79.4 Å². The molecule has 0 saturated carbocycles. The van der Waals surface area contributed by atoms with Crippen molar-refractivity contribution < 1.29 is 9.47 Å². The van der Waals surface area contributed by atoms with E-state index in [4.69, 9.17) is 9.47 Å². The molecule has 3 aromatic carbocycles. The molecule has 0 fully saturated rings. The predicted molar refractivity (Wildman–Crippen MR) is 125 cm³/mol. The first-order valence-electron chi connectivity index (χ1n) is 10.5. The molecule has 0 radical (unpaired) electrons. The van der Waals surface area contributed by atoms with Crippen molar-refractivity contribution in [3.63, 3.8) is 0 Å². The number of ether oxygens (including phenoxy) is 2. The number of rotatable bonds is 8. The summed E-state index contributed by atoms with van der Waals surface area (Å²) in [6, 6.07) is 21.4. The van der Waals surface area contributed by atoms with Gasteiger partial charge in [0.15, 0.2) is 0 Å². The fraction of sp³-hybridized carbons (Fsp3) is 0.269. The van der Waals surface area contributed by atoms with E-state index < -0.39 is 0 Å². The van der Waals surface area contributed by atoms with Crippen LogP contribution in [-0.2, 0) is 6.61 Å². The maximum atomic E-state index is 6.02. The normalized spacial score (nSPS) is 13.3. The Morgan fingerprint density at radius 2 is 1.65 bits per heavy atom. The Morgan fingerprint density at radius 1 is 0.935 bits per heavy atom. The fourth-order valence-corrected chi connectivity index (χ4v) is 3.82. The van der Waals surface area contributed by atoms with E-state index in [0.29, 0.717) is 12.6 Å². The van der Waals surface area contributed by atoms with Gasteiger partial charge in [-0.05, 0) is 73.3 Å². The van der Waals surface area contributed by atoms with Gasteiger partial charge in [0.25, 0.3) is 0 Å². The number of fused-ring (bicyclic) bond motifs is 1. The number of benzene rings is 3. The molecule has 160 valence electrons. The average molecular weight is 416 g/mol. The van der Waals surface area contributed by atoms with Gasteiger partial charge in [-0.25, -0.2) is 4.98 Å². The van der Waals surface area contributed by atoms with Crippen LogP contribution in [-0.4, -0.2) is 41.7 Å². The van der Waals surface area contributed by atoms with Gasteiger partial charge >= 0.3 is 0 Å². The molecule has 0 bridgehead atoms. The van der Waals surface area contributed by atoms with Crippen molar-refractivity contribution in [2.24, 2.45) is 0 Å². The summed E-state index contributed by atoms with van der Waals surface area (Å²) in [6.45, 7) is 2.77. The molecule has 2 atom stereocenters. The first-order valence-corrected chi connectivity index (χ1v) is 10.5. The molecule has 1 heterocycles.